The molecule has 2 rings (SSSR count). The molecular weight excluding hydrogens is 205 g/mol. The topological polar surface area (TPSA) is 23.5 Å². The number of benzene rings is 1. The number of hydrogen-bond acceptors (Lipinski definition) is 2. The van der Waals surface area contributed by atoms with Crippen LogP contribution in [0.1, 0.15) is 37.9 Å². The van der Waals surface area contributed by atoms with Gasteiger partial charge in [-0.1, -0.05) is 6.07 Å². The molecule has 16 heavy (non-hydrogen) atoms. The zero-order valence-corrected chi connectivity index (χ0v) is 9.78. The van der Waals surface area contributed by atoms with Crippen LogP contribution in [0.3, 0.4) is 0 Å². The standard InChI is InChI=1S/C13H18FNO/c1-9(16)13-11(14)7-4-8-12(13)15(2)10-5-3-6-10/h4,7-10,16H,3,5-6H2,1-2H3. The first-order valence-corrected chi connectivity index (χ1v) is 5.80. The summed E-state index contributed by atoms with van der Waals surface area (Å²) in [6.45, 7) is 1.61. The second-order valence-corrected chi connectivity index (χ2v) is 4.54. The van der Waals surface area contributed by atoms with Gasteiger partial charge in [0.25, 0.3) is 0 Å². The van der Waals surface area contributed by atoms with Crippen molar-refractivity contribution in [2.45, 2.75) is 38.3 Å². The number of aliphatic hydroxyl groups excluding tert-OH is 1. The molecule has 0 spiro atoms. The van der Waals surface area contributed by atoms with Gasteiger partial charge in [0.15, 0.2) is 0 Å². The van der Waals surface area contributed by atoms with Crippen molar-refractivity contribution in [3.8, 4) is 0 Å². The van der Waals surface area contributed by atoms with Crippen LogP contribution in [-0.4, -0.2) is 18.2 Å². The molecule has 1 N–H and O–H groups in total. The monoisotopic (exact) mass is 223 g/mol. The van der Waals surface area contributed by atoms with Crippen molar-refractivity contribution in [2.75, 3.05) is 11.9 Å². The van der Waals surface area contributed by atoms with Gasteiger partial charge in [-0.2, -0.15) is 0 Å². The SMILES string of the molecule is CC(O)c1c(F)cccc1N(C)C1CCC1. The van der Waals surface area contributed by atoms with Crippen LogP contribution in [0.5, 0.6) is 0 Å². The van der Waals surface area contributed by atoms with Crippen molar-refractivity contribution in [1.82, 2.24) is 0 Å². The molecule has 0 radical (unpaired) electrons. The largest absolute Gasteiger partial charge is 0.389 e. The number of aliphatic hydroxyl groups is 1. The van der Waals surface area contributed by atoms with E-state index in [4.69, 9.17) is 0 Å². The van der Waals surface area contributed by atoms with Crippen LogP contribution < -0.4 is 4.90 Å². The van der Waals surface area contributed by atoms with E-state index in [2.05, 4.69) is 4.90 Å². The molecule has 1 saturated carbocycles. The van der Waals surface area contributed by atoms with Gasteiger partial charge in [0, 0.05) is 24.3 Å². The number of hydrogen-bond donors (Lipinski definition) is 1. The third-order valence-electron chi connectivity index (χ3n) is 3.45. The van der Waals surface area contributed by atoms with Crippen molar-refractivity contribution in [3.05, 3.63) is 29.6 Å². The summed E-state index contributed by atoms with van der Waals surface area (Å²) in [6, 6.07) is 5.48. The van der Waals surface area contributed by atoms with Gasteiger partial charge in [-0.25, -0.2) is 4.39 Å². The van der Waals surface area contributed by atoms with Crippen molar-refractivity contribution >= 4 is 5.69 Å². The van der Waals surface area contributed by atoms with Crippen LogP contribution in [-0.2, 0) is 0 Å². The molecular formula is C13H18FNO. The second kappa shape index (κ2) is 4.42. The first-order valence-electron chi connectivity index (χ1n) is 5.80. The minimum Gasteiger partial charge on any atom is -0.389 e. The van der Waals surface area contributed by atoms with Gasteiger partial charge in [0.1, 0.15) is 5.82 Å². The minimum atomic E-state index is -0.765. The fourth-order valence-electron chi connectivity index (χ4n) is 2.22. The first kappa shape index (κ1) is 11.4. The van der Waals surface area contributed by atoms with Crippen molar-refractivity contribution in [2.24, 2.45) is 0 Å². The van der Waals surface area contributed by atoms with Gasteiger partial charge in [0.05, 0.1) is 6.10 Å². The molecule has 3 heteroatoms. The molecule has 88 valence electrons. The molecule has 0 aliphatic heterocycles. The maximum Gasteiger partial charge on any atom is 0.131 e. The van der Waals surface area contributed by atoms with Crippen LogP contribution >= 0.6 is 0 Å². The van der Waals surface area contributed by atoms with E-state index in [-0.39, 0.29) is 5.82 Å². The molecule has 1 aliphatic rings. The zero-order valence-electron chi connectivity index (χ0n) is 9.78. The van der Waals surface area contributed by atoms with E-state index >= 15 is 0 Å². The lowest BCUT2D eigenvalue weighted by Gasteiger charge is -2.37. The summed E-state index contributed by atoms with van der Waals surface area (Å²) in [5.74, 6) is -0.321. The summed E-state index contributed by atoms with van der Waals surface area (Å²) in [5.41, 5.74) is 1.23. The third kappa shape index (κ3) is 1.92. The number of halogens is 1. The predicted molar refractivity (Wildman–Crippen MR) is 63.1 cm³/mol. The Labute approximate surface area is 95.7 Å². The van der Waals surface area contributed by atoms with Gasteiger partial charge >= 0.3 is 0 Å². The first-order chi connectivity index (χ1) is 7.61. The van der Waals surface area contributed by atoms with Crippen molar-refractivity contribution in [3.63, 3.8) is 0 Å². The molecule has 2 nitrogen and oxygen atoms in total. The highest BCUT2D eigenvalue weighted by Crippen LogP contribution is 2.33. The Morgan fingerprint density at radius 1 is 1.44 bits per heavy atom. The highest BCUT2D eigenvalue weighted by molar-refractivity contribution is 5.55. The molecule has 1 unspecified atom stereocenters. The third-order valence-corrected chi connectivity index (χ3v) is 3.45. The van der Waals surface area contributed by atoms with Gasteiger partial charge < -0.3 is 10.0 Å². The van der Waals surface area contributed by atoms with Gasteiger partial charge in [-0.05, 0) is 38.3 Å². The number of nitrogens with zero attached hydrogens (tertiary/aromatic N) is 1. The smallest absolute Gasteiger partial charge is 0.131 e. The van der Waals surface area contributed by atoms with Gasteiger partial charge in [0.2, 0.25) is 0 Å². The van der Waals surface area contributed by atoms with Crippen LogP contribution in [0.2, 0.25) is 0 Å². The summed E-state index contributed by atoms with van der Waals surface area (Å²) in [7, 11) is 1.98. The Morgan fingerprint density at radius 3 is 2.62 bits per heavy atom. The molecule has 1 aliphatic carbocycles. The summed E-state index contributed by atoms with van der Waals surface area (Å²) >= 11 is 0. The van der Waals surface area contributed by atoms with Gasteiger partial charge in [-0.15, -0.1) is 0 Å². The van der Waals surface area contributed by atoms with E-state index in [0.717, 1.165) is 18.5 Å². The maximum absolute atomic E-state index is 13.7. The Kier molecular flexibility index (Phi) is 3.15. The van der Waals surface area contributed by atoms with Gasteiger partial charge in [-0.3, -0.25) is 0 Å². The highest BCUT2D eigenvalue weighted by Gasteiger charge is 2.25. The summed E-state index contributed by atoms with van der Waals surface area (Å²) in [6.07, 6.45) is 2.80. The Bertz CT molecular complexity index is 374. The Hall–Kier alpha value is -1.09. The molecule has 0 saturated heterocycles. The highest BCUT2D eigenvalue weighted by atomic mass is 19.1. The summed E-state index contributed by atoms with van der Waals surface area (Å²) < 4.78 is 13.7. The van der Waals surface area contributed by atoms with Crippen molar-refractivity contribution in [1.29, 1.82) is 0 Å². The fourth-order valence-corrected chi connectivity index (χ4v) is 2.22. The van der Waals surface area contributed by atoms with Crippen LogP contribution in [0.15, 0.2) is 18.2 Å². The average Bonchev–Trinajstić information content (AvgIpc) is 2.13. The van der Waals surface area contributed by atoms with Crippen molar-refractivity contribution < 1.29 is 9.50 Å². The van der Waals surface area contributed by atoms with Crippen LogP contribution in [0, 0.1) is 5.82 Å². The van der Waals surface area contributed by atoms with E-state index in [0.29, 0.717) is 11.6 Å². The second-order valence-electron chi connectivity index (χ2n) is 4.54. The van der Waals surface area contributed by atoms with E-state index in [1.54, 1.807) is 13.0 Å². The molecule has 0 aromatic heterocycles. The van der Waals surface area contributed by atoms with E-state index in [9.17, 15) is 9.50 Å². The average molecular weight is 223 g/mol. The normalized spacial score (nSPS) is 18.0. The maximum atomic E-state index is 13.7. The summed E-state index contributed by atoms with van der Waals surface area (Å²) in [4.78, 5) is 2.09. The Balaban J connectivity index is 2.34. The van der Waals surface area contributed by atoms with E-state index < -0.39 is 6.10 Å². The zero-order chi connectivity index (χ0) is 11.7. The number of rotatable bonds is 3. The Morgan fingerprint density at radius 2 is 2.12 bits per heavy atom. The number of anilines is 1. The quantitative estimate of drug-likeness (QED) is 0.851. The lowest BCUT2D eigenvalue weighted by Crippen LogP contribution is -2.37. The van der Waals surface area contributed by atoms with Crippen LogP contribution in [0.25, 0.3) is 0 Å². The molecule has 1 aromatic rings. The molecule has 0 heterocycles. The van der Waals surface area contributed by atoms with Crippen LogP contribution in [0.4, 0.5) is 10.1 Å². The molecule has 0 amide bonds. The lowest BCUT2D eigenvalue weighted by atomic mass is 9.91. The molecule has 1 fully saturated rings. The van der Waals surface area contributed by atoms with E-state index in [1.807, 2.05) is 13.1 Å². The lowest BCUT2D eigenvalue weighted by molar-refractivity contribution is 0.194. The predicted octanol–water partition coefficient (Wildman–Crippen LogP) is 2.87. The molecule has 1 atom stereocenters. The summed E-state index contributed by atoms with van der Waals surface area (Å²) in [5, 5.41) is 9.64. The minimum absolute atomic E-state index is 0.321. The molecule has 0 bridgehead atoms. The fraction of sp³-hybridized carbons (Fsp3) is 0.538. The molecule has 1 aromatic carbocycles. The van der Waals surface area contributed by atoms with E-state index in [1.165, 1.54) is 12.5 Å².